The fraction of sp³-hybridized carbons (Fsp3) is 0.318. The summed E-state index contributed by atoms with van der Waals surface area (Å²) in [7, 11) is 0. The predicted molar refractivity (Wildman–Crippen MR) is 104 cm³/mol. The molecule has 136 valence electrons. The van der Waals surface area contributed by atoms with Crippen LogP contribution in [0.5, 0.6) is 11.5 Å². The molecular formula is C22H25NO3. The van der Waals surface area contributed by atoms with Gasteiger partial charge in [0.1, 0.15) is 11.5 Å². The number of ether oxygens (including phenoxy) is 1. The fourth-order valence-electron chi connectivity index (χ4n) is 3.41. The maximum atomic E-state index is 10.9. The van der Waals surface area contributed by atoms with Crippen molar-refractivity contribution >= 4 is 16.9 Å². The Balaban J connectivity index is 1.95. The molecule has 2 N–H and O–H groups in total. The number of aliphatic carboxylic acids is 1. The highest BCUT2D eigenvalue weighted by Crippen LogP contribution is 2.34. The Morgan fingerprint density at radius 2 is 1.88 bits per heavy atom. The second-order valence-corrected chi connectivity index (χ2v) is 6.99. The molecule has 0 bridgehead atoms. The molecular weight excluding hydrogens is 326 g/mol. The van der Waals surface area contributed by atoms with Gasteiger partial charge in [0, 0.05) is 17.1 Å². The number of fused-ring (bicyclic) bond motifs is 1. The van der Waals surface area contributed by atoms with Gasteiger partial charge in [-0.15, -0.1) is 0 Å². The average Bonchev–Trinajstić information content (AvgIpc) is 3.00. The first-order valence-electron chi connectivity index (χ1n) is 8.99. The molecule has 1 heterocycles. The lowest BCUT2D eigenvalue weighted by atomic mass is 9.98. The van der Waals surface area contributed by atoms with Gasteiger partial charge >= 0.3 is 5.97 Å². The van der Waals surface area contributed by atoms with Crippen molar-refractivity contribution in [3.8, 4) is 11.5 Å². The molecule has 0 saturated heterocycles. The molecule has 0 saturated carbocycles. The lowest BCUT2D eigenvalue weighted by Gasteiger charge is -2.14. The van der Waals surface area contributed by atoms with E-state index in [0.29, 0.717) is 5.92 Å². The summed E-state index contributed by atoms with van der Waals surface area (Å²) in [4.78, 5) is 14.3. The van der Waals surface area contributed by atoms with Gasteiger partial charge in [-0.25, -0.2) is 0 Å². The minimum absolute atomic E-state index is 0.0233. The van der Waals surface area contributed by atoms with E-state index in [1.807, 2.05) is 38.1 Å². The molecule has 0 amide bonds. The second-order valence-electron chi connectivity index (χ2n) is 6.99. The highest BCUT2D eigenvalue weighted by Gasteiger charge is 2.13. The average molecular weight is 351 g/mol. The van der Waals surface area contributed by atoms with Gasteiger partial charge in [-0.3, -0.25) is 4.79 Å². The first-order chi connectivity index (χ1) is 12.4. The van der Waals surface area contributed by atoms with Crippen LogP contribution in [-0.4, -0.2) is 16.1 Å². The number of aromatic amines is 1. The highest BCUT2D eigenvalue weighted by atomic mass is 16.5. The van der Waals surface area contributed by atoms with Crippen molar-refractivity contribution in [1.82, 2.24) is 4.98 Å². The van der Waals surface area contributed by atoms with E-state index < -0.39 is 5.97 Å². The van der Waals surface area contributed by atoms with Crippen LogP contribution in [0.15, 0.2) is 36.5 Å². The third kappa shape index (κ3) is 3.59. The predicted octanol–water partition coefficient (Wildman–Crippen LogP) is 5.72. The Hall–Kier alpha value is -2.75. The van der Waals surface area contributed by atoms with Gasteiger partial charge in [0.05, 0.1) is 6.42 Å². The molecule has 0 radical (unpaired) electrons. The third-order valence-corrected chi connectivity index (χ3v) is 4.92. The van der Waals surface area contributed by atoms with Crippen LogP contribution >= 0.6 is 0 Å². The number of nitrogens with one attached hydrogen (secondary N) is 1. The molecule has 0 aliphatic rings. The van der Waals surface area contributed by atoms with E-state index in [2.05, 4.69) is 31.1 Å². The normalized spacial score (nSPS) is 12.3. The van der Waals surface area contributed by atoms with Crippen LogP contribution in [0.25, 0.3) is 10.9 Å². The van der Waals surface area contributed by atoms with E-state index in [1.54, 1.807) is 0 Å². The molecule has 0 aliphatic heterocycles. The molecule has 3 aromatic rings. The largest absolute Gasteiger partial charge is 0.481 e. The SMILES string of the molecule is CCC(C)c1c[nH]c2ccc(Oc3c(C)cc(CC(=O)O)cc3C)cc12. The number of rotatable bonds is 6. The quantitative estimate of drug-likeness (QED) is 0.597. The van der Waals surface area contributed by atoms with Crippen molar-refractivity contribution in [2.24, 2.45) is 0 Å². The zero-order valence-corrected chi connectivity index (χ0v) is 15.7. The lowest BCUT2D eigenvalue weighted by molar-refractivity contribution is -0.136. The van der Waals surface area contributed by atoms with E-state index in [9.17, 15) is 4.79 Å². The Bertz CT molecular complexity index is 932. The van der Waals surface area contributed by atoms with Gasteiger partial charge in [0.2, 0.25) is 0 Å². The number of hydrogen-bond acceptors (Lipinski definition) is 2. The van der Waals surface area contributed by atoms with Crippen LogP contribution in [0.1, 0.15) is 48.4 Å². The van der Waals surface area contributed by atoms with Gasteiger partial charge < -0.3 is 14.8 Å². The zero-order valence-electron chi connectivity index (χ0n) is 15.7. The lowest BCUT2D eigenvalue weighted by Crippen LogP contribution is -2.02. The minimum Gasteiger partial charge on any atom is -0.481 e. The molecule has 4 heteroatoms. The number of hydrogen-bond donors (Lipinski definition) is 2. The van der Waals surface area contributed by atoms with Crippen LogP contribution in [-0.2, 0) is 11.2 Å². The van der Waals surface area contributed by atoms with E-state index in [-0.39, 0.29) is 6.42 Å². The summed E-state index contributed by atoms with van der Waals surface area (Å²) in [5.74, 6) is 1.24. The van der Waals surface area contributed by atoms with Gasteiger partial charge in [0.15, 0.2) is 0 Å². The van der Waals surface area contributed by atoms with E-state index in [4.69, 9.17) is 9.84 Å². The van der Waals surface area contributed by atoms with Crippen LogP contribution in [0, 0.1) is 13.8 Å². The summed E-state index contributed by atoms with van der Waals surface area (Å²) in [5, 5.41) is 10.2. The molecule has 1 aromatic heterocycles. The van der Waals surface area contributed by atoms with Gasteiger partial charge in [0.25, 0.3) is 0 Å². The van der Waals surface area contributed by atoms with Crippen molar-refractivity contribution < 1.29 is 14.6 Å². The minimum atomic E-state index is -0.826. The summed E-state index contributed by atoms with van der Waals surface area (Å²) in [5.41, 5.74) is 5.09. The molecule has 1 unspecified atom stereocenters. The maximum absolute atomic E-state index is 10.9. The van der Waals surface area contributed by atoms with Gasteiger partial charge in [-0.05, 0) is 66.6 Å². The number of carboxylic acids is 1. The molecule has 2 aromatic carbocycles. The summed E-state index contributed by atoms with van der Waals surface area (Å²) in [6.07, 6.45) is 3.19. The Kier molecular flexibility index (Phi) is 5.03. The zero-order chi connectivity index (χ0) is 18.8. The first-order valence-corrected chi connectivity index (χ1v) is 8.99. The summed E-state index contributed by atoms with van der Waals surface area (Å²) in [6.45, 7) is 8.32. The molecule has 0 spiro atoms. The number of H-pyrrole nitrogens is 1. The standard InChI is InChI=1S/C22H25NO3/c1-5-13(2)19-12-23-20-7-6-17(11-18(19)20)26-22-14(3)8-16(9-15(22)4)10-21(24)25/h6-9,11-13,23H,5,10H2,1-4H3,(H,24,25). The van der Waals surface area contributed by atoms with Gasteiger partial charge in [-0.1, -0.05) is 26.0 Å². The van der Waals surface area contributed by atoms with Crippen LogP contribution in [0.2, 0.25) is 0 Å². The van der Waals surface area contributed by atoms with Crippen molar-refractivity contribution in [3.63, 3.8) is 0 Å². The number of carbonyl (C=O) groups is 1. The Morgan fingerprint density at radius 1 is 1.19 bits per heavy atom. The number of carboxylic acid groups (broad SMARTS) is 1. The first kappa shape index (κ1) is 18.1. The van der Waals surface area contributed by atoms with E-state index >= 15 is 0 Å². The van der Waals surface area contributed by atoms with Crippen molar-refractivity contribution in [3.05, 3.63) is 58.8 Å². The van der Waals surface area contributed by atoms with E-state index in [1.165, 1.54) is 10.9 Å². The molecule has 1 atom stereocenters. The second kappa shape index (κ2) is 7.24. The molecule has 4 nitrogen and oxygen atoms in total. The maximum Gasteiger partial charge on any atom is 0.307 e. The third-order valence-electron chi connectivity index (χ3n) is 4.92. The van der Waals surface area contributed by atoms with Crippen LogP contribution < -0.4 is 4.74 Å². The summed E-state index contributed by atoms with van der Waals surface area (Å²) >= 11 is 0. The summed E-state index contributed by atoms with van der Waals surface area (Å²) in [6, 6.07) is 9.85. The molecule has 0 aliphatic carbocycles. The van der Waals surface area contributed by atoms with Crippen LogP contribution in [0.4, 0.5) is 0 Å². The smallest absolute Gasteiger partial charge is 0.307 e. The molecule has 26 heavy (non-hydrogen) atoms. The highest BCUT2D eigenvalue weighted by molar-refractivity contribution is 5.85. The molecule has 3 rings (SSSR count). The monoisotopic (exact) mass is 351 g/mol. The number of aromatic nitrogens is 1. The Labute approximate surface area is 153 Å². The Morgan fingerprint density at radius 3 is 2.50 bits per heavy atom. The van der Waals surface area contributed by atoms with Crippen molar-refractivity contribution in [2.75, 3.05) is 0 Å². The summed E-state index contributed by atoms with van der Waals surface area (Å²) < 4.78 is 6.18. The molecule has 0 fully saturated rings. The number of aryl methyl sites for hydroxylation is 2. The van der Waals surface area contributed by atoms with Crippen molar-refractivity contribution in [2.45, 2.75) is 46.5 Å². The van der Waals surface area contributed by atoms with Crippen LogP contribution in [0.3, 0.4) is 0 Å². The fourth-order valence-corrected chi connectivity index (χ4v) is 3.41. The van der Waals surface area contributed by atoms with E-state index in [0.717, 1.165) is 40.1 Å². The topological polar surface area (TPSA) is 62.3 Å². The van der Waals surface area contributed by atoms with Crippen molar-refractivity contribution in [1.29, 1.82) is 0 Å². The number of benzene rings is 2. The van der Waals surface area contributed by atoms with Gasteiger partial charge in [-0.2, -0.15) is 0 Å².